The van der Waals surface area contributed by atoms with Gasteiger partial charge in [-0.15, -0.1) is 0 Å². The number of halogens is 1. The number of carbonyl (C=O) groups is 3. The van der Waals surface area contributed by atoms with E-state index in [1.54, 1.807) is 24.3 Å². The molecule has 2 aliphatic carbocycles. The maximum absolute atomic E-state index is 12.7. The van der Waals surface area contributed by atoms with Gasteiger partial charge in [0.1, 0.15) is 18.0 Å². The molecule has 0 amide bonds. The highest BCUT2D eigenvalue weighted by molar-refractivity contribution is 6.30. The zero-order chi connectivity index (χ0) is 20.2. The first-order valence-electron chi connectivity index (χ1n) is 9.34. The molecule has 1 aliphatic heterocycles. The molecule has 3 aliphatic rings. The van der Waals surface area contributed by atoms with Crippen molar-refractivity contribution in [1.82, 2.24) is 0 Å². The normalized spacial score (nSPS) is 34.5. The number of ketones is 1. The second-order valence-corrected chi connectivity index (χ2v) is 8.31. The third-order valence-electron chi connectivity index (χ3n) is 6.34. The monoisotopic (exact) mass is 400 g/mol. The highest BCUT2D eigenvalue weighted by atomic mass is 35.5. The molecule has 0 aromatic heterocycles. The molecular formula is C22H21ClO5. The summed E-state index contributed by atoms with van der Waals surface area (Å²) >= 11 is 5.88. The topological polar surface area (TPSA) is 69.7 Å². The fourth-order valence-corrected chi connectivity index (χ4v) is 4.96. The van der Waals surface area contributed by atoms with Gasteiger partial charge in [-0.05, 0) is 30.2 Å². The molecule has 0 N–H and O–H groups in total. The number of benzene rings is 1. The van der Waals surface area contributed by atoms with Crippen LogP contribution in [0.5, 0.6) is 0 Å². The van der Waals surface area contributed by atoms with Crippen LogP contribution in [0.25, 0.3) is 0 Å². The summed E-state index contributed by atoms with van der Waals surface area (Å²) in [6.07, 6.45) is -0.395. The molecule has 6 heteroatoms. The fraction of sp³-hybridized carbons (Fsp3) is 0.409. The lowest BCUT2D eigenvalue weighted by Crippen LogP contribution is -2.37. The van der Waals surface area contributed by atoms with Crippen molar-refractivity contribution in [2.75, 3.05) is 0 Å². The quantitative estimate of drug-likeness (QED) is 0.429. The Bertz CT molecular complexity index is 887. The number of fused-ring (bicyclic) bond motifs is 3. The first-order chi connectivity index (χ1) is 13.3. The Kier molecular flexibility index (Phi) is 4.66. The van der Waals surface area contributed by atoms with Crippen molar-refractivity contribution < 1.29 is 23.9 Å². The second kappa shape index (κ2) is 6.89. The van der Waals surface area contributed by atoms with E-state index in [1.807, 2.05) is 6.92 Å². The van der Waals surface area contributed by atoms with Crippen LogP contribution < -0.4 is 0 Å². The third kappa shape index (κ3) is 2.98. The molecule has 146 valence electrons. The average Bonchev–Trinajstić information content (AvgIpc) is 3.07. The number of esters is 2. The van der Waals surface area contributed by atoms with Crippen molar-refractivity contribution in [3.63, 3.8) is 0 Å². The molecule has 2 saturated carbocycles. The van der Waals surface area contributed by atoms with Crippen LogP contribution in [0.15, 0.2) is 48.6 Å². The van der Waals surface area contributed by atoms with E-state index in [-0.39, 0.29) is 23.5 Å². The Morgan fingerprint density at radius 2 is 1.86 bits per heavy atom. The fourth-order valence-electron chi connectivity index (χ4n) is 4.84. The summed E-state index contributed by atoms with van der Waals surface area (Å²) in [4.78, 5) is 37.3. The van der Waals surface area contributed by atoms with Gasteiger partial charge in [0.05, 0.1) is 11.5 Å². The van der Waals surface area contributed by atoms with Gasteiger partial charge in [0.2, 0.25) is 0 Å². The third-order valence-corrected chi connectivity index (χ3v) is 6.59. The molecule has 4 rings (SSSR count). The van der Waals surface area contributed by atoms with Gasteiger partial charge in [-0.25, -0.2) is 9.59 Å². The molecule has 3 fully saturated rings. The first-order valence-corrected chi connectivity index (χ1v) is 9.72. The predicted octanol–water partition coefficient (Wildman–Crippen LogP) is 3.76. The molecular weight excluding hydrogens is 380 g/mol. The standard InChI is InChI=1S/C22H21ClO5/c1-10-8-17(27-22(26)13-4-6-14(23)7-5-13)19-12(3)21(25)28-20(19)18-11(2)16(24)9-15(10)18/h4-7,11,15,17-20H,1,3,8-9H2,2H3. The van der Waals surface area contributed by atoms with Crippen LogP contribution in [0, 0.1) is 23.7 Å². The largest absolute Gasteiger partial charge is 0.458 e. The smallest absolute Gasteiger partial charge is 0.338 e. The summed E-state index contributed by atoms with van der Waals surface area (Å²) < 4.78 is 11.4. The number of ether oxygens (including phenoxy) is 2. The predicted molar refractivity (Wildman–Crippen MR) is 103 cm³/mol. The lowest BCUT2D eigenvalue weighted by Gasteiger charge is -2.29. The lowest BCUT2D eigenvalue weighted by molar-refractivity contribution is -0.143. The summed E-state index contributed by atoms with van der Waals surface area (Å²) in [5, 5.41) is 0.522. The van der Waals surface area contributed by atoms with Crippen LogP contribution in [0.3, 0.4) is 0 Å². The van der Waals surface area contributed by atoms with E-state index >= 15 is 0 Å². The molecule has 1 saturated heterocycles. The molecule has 5 nitrogen and oxygen atoms in total. The van der Waals surface area contributed by atoms with Gasteiger partial charge in [0, 0.05) is 35.3 Å². The highest BCUT2D eigenvalue weighted by Gasteiger charge is 2.57. The number of Topliss-reactive ketones (excluding diaryl/α,β-unsaturated/α-hetero) is 1. The average molecular weight is 401 g/mol. The van der Waals surface area contributed by atoms with E-state index in [0.717, 1.165) is 5.57 Å². The molecule has 28 heavy (non-hydrogen) atoms. The summed E-state index contributed by atoms with van der Waals surface area (Å²) in [5.41, 5.74) is 1.52. The summed E-state index contributed by atoms with van der Waals surface area (Å²) in [6.45, 7) is 9.92. The zero-order valence-electron chi connectivity index (χ0n) is 15.5. The van der Waals surface area contributed by atoms with Crippen LogP contribution in [0.1, 0.15) is 30.1 Å². The van der Waals surface area contributed by atoms with Crippen LogP contribution in [0.4, 0.5) is 0 Å². The summed E-state index contributed by atoms with van der Waals surface area (Å²) in [6, 6.07) is 6.42. The minimum absolute atomic E-state index is 0.0760. The van der Waals surface area contributed by atoms with E-state index in [1.165, 1.54) is 0 Å². The molecule has 1 aromatic carbocycles. The summed E-state index contributed by atoms with van der Waals surface area (Å²) in [5.74, 6) is -1.79. The SMILES string of the molecule is C=C1CC(OC(=O)c2ccc(Cl)cc2)C2C(=C)C(=O)OC2C2C(C)C(=O)CC12. The minimum atomic E-state index is -0.618. The zero-order valence-corrected chi connectivity index (χ0v) is 16.3. The van der Waals surface area contributed by atoms with Gasteiger partial charge in [0.15, 0.2) is 0 Å². The van der Waals surface area contributed by atoms with Gasteiger partial charge in [0.25, 0.3) is 0 Å². The molecule has 6 unspecified atom stereocenters. The minimum Gasteiger partial charge on any atom is -0.458 e. The molecule has 1 aromatic rings. The molecule has 6 atom stereocenters. The first kappa shape index (κ1) is 18.9. The molecule has 0 bridgehead atoms. The van der Waals surface area contributed by atoms with E-state index in [4.69, 9.17) is 21.1 Å². The van der Waals surface area contributed by atoms with Crippen molar-refractivity contribution in [1.29, 1.82) is 0 Å². The van der Waals surface area contributed by atoms with Crippen LogP contribution >= 0.6 is 11.6 Å². The van der Waals surface area contributed by atoms with Crippen molar-refractivity contribution in [3.05, 3.63) is 59.2 Å². The maximum atomic E-state index is 12.7. The van der Waals surface area contributed by atoms with E-state index in [9.17, 15) is 14.4 Å². The van der Waals surface area contributed by atoms with Gasteiger partial charge in [-0.3, -0.25) is 4.79 Å². The highest BCUT2D eigenvalue weighted by Crippen LogP contribution is 2.52. The Hall–Kier alpha value is -2.40. The van der Waals surface area contributed by atoms with Crippen molar-refractivity contribution >= 4 is 29.3 Å². The lowest BCUT2D eigenvalue weighted by atomic mass is 9.79. The van der Waals surface area contributed by atoms with Crippen molar-refractivity contribution in [2.45, 2.75) is 32.0 Å². The van der Waals surface area contributed by atoms with E-state index < -0.39 is 30.1 Å². The van der Waals surface area contributed by atoms with Crippen LogP contribution in [-0.4, -0.2) is 29.9 Å². The van der Waals surface area contributed by atoms with E-state index in [0.29, 0.717) is 29.0 Å². The Labute approximate surface area is 168 Å². The number of hydrogen-bond acceptors (Lipinski definition) is 5. The van der Waals surface area contributed by atoms with E-state index in [2.05, 4.69) is 13.2 Å². The Morgan fingerprint density at radius 3 is 2.54 bits per heavy atom. The molecule has 0 radical (unpaired) electrons. The van der Waals surface area contributed by atoms with Gasteiger partial charge in [-0.1, -0.05) is 37.3 Å². The van der Waals surface area contributed by atoms with Crippen molar-refractivity contribution in [2.24, 2.45) is 23.7 Å². The van der Waals surface area contributed by atoms with Crippen molar-refractivity contribution in [3.8, 4) is 0 Å². The maximum Gasteiger partial charge on any atom is 0.338 e. The number of rotatable bonds is 2. The van der Waals surface area contributed by atoms with Gasteiger partial charge >= 0.3 is 11.9 Å². The summed E-state index contributed by atoms with van der Waals surface area (Å²) in [7, 11) is 0. The van der Waals surface area contributed by atoms with Gasteiger partial charge in [-0.2, -0.15) is 0 Å². The van der Waals surface area contributed by atoms with Crippen LogP contribution in [-0.2, 0) is 19.1 Å². The second-order valence-electron chi connectivity index (χ2n) is 7.88. The molecule has 1 heterocycles. The Balaban J connectivity index is 1.66. The number of carbonyl (C=O) groups excluding carboxylic acids is 3. The van der Waals surface area contributed by atoms with Gasteiger partial charge < -0.3 is 9.47 Å². The Morgan fingerprint density at radius 1 is 1.18 bits per heavy atom. The molecule has 0 spiro atoms. The van der Waals surface area contributed by atoms with Crippen LogP contribution in [0.2, 0.25) is 5.02 Å². The number of hydrogen-bond donors (Lipinski definition) is 0.